The van der Waals surface area contributed by atoms with E-state index in [4.69, 9.17) is 0 Å². The Labute approximate surface area is 89.1 Å². The SMILES string of the molecule is CC(C)CCNC1CCCCC1.Cl. The van der Waals surface area contributed by atoms with Crippen molar-refractivity contribution in [3.8, 4) is 0 Å². The second-order valence-electron chi connectivity index (χ2n) is 4.47. The van der Waals surface area contributed by atoms with Gasteiger partial charge in [0.25, 0.3) is 0 Å². The average molecular weight is 206 g/mol. The van der Waals surface area contributed by atoms with Crippen LogP contribution in [0.2, 0.25) is 0 Å². The van der Waals surface area contributed by atoms with E-state index in [0.717, 1.165) is 12.0 Å². The van der Waals surface area contributed by atoms with Crippen LogP contribution in [-0.4, -0.2) is 12.6 Å². The Morgan fingerprint density at radius 3 is 2.31 bits per heavy atom. The summed E-state index contributed by atoms with van der Waals surface area (Å²) < 4.78 is 0. The van der Waals surface area contributed by atoms with E-state index >= 15 is 0 Å². The molecule has 1 N–H and O–H groups in total. The van der Waals surface area contributed by atoms with Crippen LogP contribution >= 0.6 is 12.4 Å². The topological polar surface area (TPSA) is 12.0 Å². The van der Waals surface area contributed by atoms with Gasteiger partial charge in [-0.2, -0.15) is 0 Å². The summed E-state index contributed by atoms with van der Waals surface area (Å²) in [6.45, 7) is 5.81. The maximum atomic E-state index is 3.65. The molecule has 0 atom stereocenters. The molecule has 1 nitrogen and oxygen atoms in total. The standard InChI is InChI=1S/C11H23N.ClH/c1-10(2)8-9-12-11-6-4-3-5-7-11;/h10-12H,3-9H2,1-2H3;1H. The molecule has 1 aliphatic rings. The summed E-state index contributed by atoms with van der Waals surface area (Å²) in [5.74, 6) is 0.848. The Morgan fingerprint density at radius 2 is 1.77 bits per heavy atom. The highest BCUT2D eigenvalue weighted by molar-refractivity contribution is 5.85. The lowest BCUT2D eigenvalue weighted by Gasteiger charge is -2.23. The first-order chi connectivity index (χ1) is 5.79. The molecule has 0 spiro atoms. The molecule has 0 aliphatic heterocycles. The van der Waals surface area contributed by atoms with Gasteiger partial charge in [-0.15, -0.1) is 12.4 Å². The minimum Gasteiger partial charge on any atom is -0.314 e. The maximum absolute atomic E-state index is 3.65. The summed E-state index contributed by atoms with van der Waals surface area (Å²) in [5, 5.41) is 3.65. The lowest BCUT2D eigenvalue weighted by molar-refractivity contribution is 0.364. The zero-order valence-corrected chi connectivity index (χ0v) is 9.83. The molecule has 0 heterocycles. The van der Waals surface area contributed by atoms with Crippen LogP contribution < -0.4 is 5.32 Å². The number of hydrogen-bond acceptors (Lipinski definition) is 1. The minimum atomic E-state index is 0. The highest BCUT2D eigenvalue weighted by Crippen LogP contribution is 2.17. The fraction of sp³-hybridized carbons (Fsp3) is 1.00. The zero-order chi connectivity index (χ0) is 8.81. The second-order valence-corrected chi connectivity index (χ2v) is 4.47. The van der Waals surface area contributed by atoms with E-state index < -0.39 is 0 Å². The van der Waals surface area contributed by atoms with E-state index in [0.29, 0.717) is 0 Å². The molecule has 0 bridgehead atoms. The summed E-state index contributed by atoms with van der Waals surface area (Å²) in [7, 11) is 0. The molecule has 0 aromatic heterocycles. The highest BCUT2D eigenvalue weighted by atomic mass is 35.5. The zero-order valence-electron chi connectivity index (χ0n) is 9.01. The summed E-state index contributed by atoms with van der Waals surface area (Å²) in [6, 6.07) is 0.845. The van der Waals surface area contributed by atoms with Crippen molar-refractivity contribution in [3.05, 3.63) is 0 Å². The van der Waals surface area contributed by atoms with E-state index in [1.54, 1.807) is 0 Å². The van der Waals surface area contributed by atoms with Crippen molar-refractivity contribution in [1.29, 1.82) is 0 Å². The fourth-order valence-corrected chi connectivity index (χ4v) is 1.88. The van der Waals surface area contributed by atoms with Crippen LogP contribution in [0.5, 0.6) is 0 Å². The molecule has 0 unspecified atom stereocenters. The van der Waals surface area contributed by atoms with Crippen LogP contribution in [-0.2, 0) is 0 Å². The van der Waals surface area contributed by atoms with E-state index in [1.165, 1.54) is 45.1 Å². The van der Waals surface area contributed by atoms with Crippen LogP contribution in [0, 0.1) is 5.92 Å². The minimum absolute atomic E-state index is 0. The Hall–Kier alpha value is 0.250. The normalized spacial score (nSPS) is 18.7. The van der Waals surface area contributed by atoms with Gasteiger partial charge in [-0.1, -0.05) is 33.1 Å². The van der Waals surface area contributed by atoms with Gasteiger partial charge in [-0.05, 0) is 31.7 Å². The molecule has 0 saturated heterocycles. The molecule has 13 heavy (non-hydrogen) atoms. The van der Waals surface area contributed by atoms with Gasteiger partial charge >= 0.3 is 0 Å². The van der Waals surface area contributed by atoms with Gasteiger partial charge in [-0.3, -0.25) is 0 Å². The Balaban J connectivity index is 0.00000144. The van der Waals surface area contributed by atoms with Gasteiger partial charge in [0.15, 0.2) is 0 Å². The van der Waals surface area contributed by atoms with Crippen LogP contribution in [0.15, 0.2) is 0 Å². The third kappa shape index (κ3) is 6.34. The molecule has 0 amide bonds. The first-order valence-electron chi connectivity index (χ1n) is 5.52. The van der Waals surface area contributed by atoms with Crippen molar-refractivity contribution >= 4 is 12.4 Å². The summed E-state index contributed by atoms with van der Waals surface area (Å²) in [6.07, 6.45) is 8.51. The van der Waals surface area contributed by atoms with E-state index in [2.05, 4.69) is 19.2 Å². The van der Waals surface area contributed by atoms with E-state index in [1.807, 2.05) is 0 Å². The lowest BCUT2D eigenvalue weighted by Crippen LogP contribution is -2.32. The smallest absolute Gasteiger partial charge is 0.00670 e. The van der Waals surface area contributed by atoms with Gasteiger partial charge in [0, 0.05) is 6.04 Å². The van der Waals surface area contributed by atoms with Gasteiger partial charge in [0.05, 0.1) is 0 Å². The highest BCUT2D eigenvalue weighted by Gasteiger charge is 2.11. The molecule has 0 radical (unpaired) electrons. The van der Waals surface area contributed by atoms with Crippen LogP contribution in [0.4, 0.5) is 0 Å². The van der Waals surface area contributed by atoms with Gasteiger partial charge < -0.3 is 5.32 Å². The second kappa shape index (κ2) is 7.64. The molecule has 1 rings (SSSR count). The number of halogens is 1. The number of nitrogens with one attached hydrogen (secondary N) is 1. The van der Waals surface area contributed by atoms with E-state index in [-0.39, 0.29) is 12.4 Å². The first-order valence-corrected chi connectivity index (χ1v) is 5.52. The summed E-state index contributed by atoms with van der Waals surface area (Å²) in [5.41, 5.74) is 0. The molecule has 2 heteroatoms. The van der Waals surface area contributed by atoms with Crippen molar-refractivity contribution in [2.45, 2.75) is 58.4 Å². The van der Waals surface area contributed by atoms with Crippen LogP contribution in [0.3, 0.4) is 0 Å². The third-order valence-corrected chi connectivity index (χ3v) is 2.76. The predicted molar refractivity (Wildman–Crippen MR) is 61.6 cm³/mol. The molecular formula is C11H24ClN. The predicted octanol–water partition coefficient (Wildman–Crippen LogP) is 3.38. The van der Waals surface area contributed by atoms with E-state index in [9.17, 15) is 0 Å². The molecule has 0 aromatic rings. The van der Waals surface area contributed by atoms with Crippen molar-refractivity contribution in [3.63, 3.8) is 0 Å². The molecule has 1 saturated carbocycles. The number of rotatable bonds is 4. The lowest BCUT2D eigenvalue weighted by atomic mass is 9.95. The van der Waals surface area contributed by atoms with Crippen molar-refractivity contribution in [2.24, 2.45) is 5.92 Å². The van der Waals surface area contributed by atoms with Crippen LogP contribution in [0.25, 0.3) is 0 Å². The first kappa shape index (κ1) is 13.2. The Bertz CT molecular complexity index is 109. The average Bonchev–Trinajstić information content (AvgIpc) is 2.05. The van der Waals surface area contributed by atoms with Gasteiger partial charge in [0.1, 0.15) is 0 Å². The maximum Gasteiger partial charge on any atom is 0.00670 e. The number of hydrogen-bond donors (Lipinski definition) is 1. The molecule has 1 fully saturated rings. The quantitative estimate of drug-likeness (QED) is 0.742. The van der Waals surface area contributed by atoms with Crippen LogP contribution in [0.1, 0.15) is 52.4 Å². The molecule has 1 aliphatic carbocycles. The largest absolute Gasteiger partial charge is 0.314 e. The molecular weight excluding hydrogens is 182 g/mol. The van der Waals surface area contributed by atoms with Gasteiger partial charge in [0.2, 0.25) is 0 Å². The monoisotopic (exact) mass is 205 g/mol. The summed E-state index contributed by atoms with van der Waals surface area (Å²) in [4.78, 5) is 0. The van der Waals surface area contributed by atoms with Crippen molar-refractivity contribution in [1.82, 2.24) is 5.32 Å². The van der Waals surface area contributed by atoms with Crippen molar-refractivity contribution in [2.75, 3.05) is 6.54 Å². The fourth-order valence-electron chi connectivity index (χ4n) is 1.88. The third-order valence-electron chi connectivity index (χ3n) is 2.76. The molecule has 80 valence electrons. The molecule has 0 aromatic carbocycles. The van der Waals surface area contributed by atoms with Crippen molar-refractivity contribution < 1.29 is 0 Å². The Kier molecular flexibility index (Phi) is 7.78. The van der Waals surface area contributed by atoms with Gasteiger partial charge in [-0.25, -0.2) is 0 Å². The summed E-state index contributed by atoms with van der Waals surface area (Å²) >= 11 is 0. The Morgan fingerprint density at radius 1 is 1.15 bits per heavy atom.